The summed E-state index contributed by atoms with van der Waals surface area (Å²) in [7, 11) is 0. The summed E-state index contributed by atoms with van der Waals surface area (Å²) < 4.78 is 13.3. The van der Waals surface area contributed by atoms with Crippen molar-refractivity contribution in [3.8, 4) is 6.07 Å². The van der Waals surface area contributed by atoms with Gasteiger partial charge in [0.2, 0.25) is 0 Å². The van der Waals surface area contributed by atoms with E-state index >= 15 is 0 Å². The molecule has 17 heavy (non-hydrogen) atoms. The van der Waals surface area contributed by atoms with Crippen molar-refractivity contribution in [2.45, 2.75) is 25.8 Å². The van der Waals surface area contributed by atoms with Crippen molar-refractivity contribution in [2.75, 3.05) is 6.54 Å². The summed E-state index contributed by atoms with van der Waals surface area (Å²) in [6, 6.07) is 6.76. The molecule has 94 valence electrons. The van der Waals surface area contributed by atoms with Gasteiger partial charge in [0.25, 0.3) is 0 Å². The minimum atomic E-state index is -0.281. The molecule has 0 bridgehead atoms. The Kier molecular flexibility index (Phi) is 8.79. The number of halogens is 3. The molecule has 0 aliphatic heterocycles. The van der Waals surface area contributed by atoms with E-state index in [1.54, 1.807) is 12.1 Å². The van der Waals surface area contributed by atoms with Crippen LogP contribution in [0.15, 0.2) is 18.2 Å². The topological polar surface area (TPSA) is 35.8 Å². The fourth-order valence-corrected chi connectivity index (χ4v) is 1.60. The third-order valence-corrected chi connectivity index (χ3v) is 2.61. The molecule has 1 rings (SSSR count). The van der Waals surface area contributed by atoms with Crippen LogP contribution in [0.3, 0.4) is 0 Å². The lowest BCUT2D eigenvalue weighted by atomic mass is 10.2. The van der Waals surface area contributed by atoms with Gasteiger partial charge in [-0.2, -0.15) is 5.26 Å². The molecule has 0 radical (unpaired) electrons. The summed E-state index contributed by atoms with van der Waals surface area (Å²) in [4.78, 5) is 0. The summed E-state index contributed by atoms with van der Waals surface area (Å²) in [5, 5.41) is 11.9. The lowest BCUT2D eigenvalue weighted by Crippen LogP contribution is -2.15. The van der Waals surface area contributed by atoms with Gasteiger partial charge in [-0.1, -0.05) is 17.7 Å². The molecule has 0 fully saturated rings. The van der Waals surface area contributed by atoms with Gasteiger partial charge in [0.05, 0.1) is 6.07 Å². The number of unbranched alkanes of at least 4 members (excludes halogenated alkanes) is 2. The zero-order valence-corrected chi connectivity index (χ0v) is 11.0. The molecule has 1 N–H and O–H groups in total. The molecule has 2 nitrogen and oxygen atoms in total. The summed E-state index contributed by atoms with van der Waals surface area (Å²) >= 11 is 5.87. The van der Waals surface area contributed by atoms with Crippen LogP contribution in [0.4, 0.5) is 4.39 Å². The maximum Gasteiger partial charge on any atom is 0.129 e. The maximum atomic E-state index is 13.3. The standard InChI is InChI=1S/C12H14ClFN2.ClH/c13-11-5-4-6-12(14)10(11)9-16-8-3-1-2-7-15;/h4-6,16H,1-3,8-9H2;1H. The molecule has 1 aromatic rings. The quantitative estimate of drug-likeness (QED) is 0.805. The van der Waals surface area contributed by atoms with Crippen molar-refractivity contribution in [1.82, 2.24) is 5.32 Å². The number of benzene rings is 1. The normalized spacial score (nSPS) is 9.47. The number of nitriles is 1. The zero-order valence-electron chi connectivity index (χ0n) is 9.38. The summed E-state index contributed by atoms with van der Waals surface area (Å²) in [5.74, 6) is -0.281. The van der Waals surface area contributed by atoms with Crippen LogP contribution in [0.25, 0.3) is 0 Å². The lowest BCUT2D eigenvalue weighted by molar-refractivity contribution is 0.577. The first-order valence-corrected chi connectivity index (χ1v) is 5.64. The molecule has 0 aliphatic carbocycles. The van der Waals surface area contributed by atoms with Crippen molar-refractivity contribution >= 4 is 24.0 Å². The minimum absolute atomic E-state index is 0. The van der Waals surface area contributed by atoms with E-state index in [2.05, 4.69) is 11.4 Å². The van der Waals surface area contributed by atoms with Crippen molar-refractivity contribution in [3.63, 3.8) is 0 Å². The minimum Gasteiger partial charge on any atom is -0.313 e. The van der Waals surface area contributed by atoms with Crippen molar-refractivity contribution in [1.29, 1.82) is 5.26 Å². The van der Waals surface area contributed by atoms with Gasteiger partial charge in [0.1, 0.15) is 5.82 Å². The van der Waals surface area contributed by atoms with E-state index in [0.29, 0.717) is 23.6 Å². The molecule has 0 amide bonds. The summed E-state index contributed by atoms with van der Waals surface area (Å²) in [6.45, 7) is 1.20. The van der Waals surface area contributed by atoms with Gasteiger partial charge in [0.15, 0.2) is 0 Å². The molecular weight excluding hydrogens is 262 g/mol. The molecular formula is C12H15Cl2FN2. The fourth-order valence-electron chi connectivity index (χ4n) is 1.37. The van der Waals surface area contributed by atoms with Crippen LogP contribution in [-0.4, -0.2) is 6.54 Å². The monoisotopic (exact) mass is 276 g/mol. The Morgan fingerprint density at radius 1 is 1.35 bits per heavy atom. The van der Waals surface area contributed by atoms with E-state index in [9.17, 15) is 4.39 Å². The number of hydrogen-bond donors (Lipinski definition) is 1. The lowest BCUT2D eigenvalue weighted by Gasteiger charge is -2.07. The highest BCUT2D eigenvalue weighted by molar-refractivity contribution is 6.31. The molecule has 0 heterocycles. The maximum absolute atomic E-state index is 13.3. The van der Waals surface area contributed by atoms with Gasteiger partial charge in [-0.25, -0.2) is 4.39 Å². The third kappa shape index (κ3) is 5.88. The number of nitrogens with one attached hydrogen (secondary N) is 1. The Morgan fingerprint density at radius 2 is 2.12 bits per heavy atom. The fraction of sp³-hybridized carbons (Fsp3) is 0.417. The molecule has 0 spiro atoms. The molecule has 0 atom stereocenters. The number of nitrogens with zero attached hydrogens (tertiary/aromatic N) is 1. The molecule has 0 saturated heterocycles. The van der Waals surface area contributed by atoms with E-state index in [0.717, 1.165) is 19.4 Å². The van der Waals surface area contributed by atoms with Crippen molar-refractivity contribution in [2.24, 2.45) is 0 Å². The van der Waals surface area contributed by atoms with Gasteiger partial charge < -0.3 is 5.32 Å². The van der Waals surface area contributed by atoms with Gasteiger partial charge in [0, 0.05) is 23.6 Å². The molecule has 1 aromatic carbocycles. The van der Waals surface area contributed by atoms with Gasteiger partial charge in [-0.3, -0.25) is 0 Å². The van der Waals surface area contributed by atoms with Gasteiger partial charge in [-0.05, 0) is 31.5 Å². The van der Waals surface area contributed by atoms with E-state index in [-0.39, 0.29) is 18.2 Å². The zero-order chi connectivity index (χ0) is 11.8. The third-order valence-electron chi connectivity index (χ3n) is 2.26. The highest BCUT2D eigenvalue weighted by Gasteiger charge is 2.05. The Balaban J connectivity index is 0.00000256. The summed E-state index contributed by atoms with van der Waals surface area (Å²) in [5.41, 5.74) is 0.504. The Morgan fingerprint density at radius 3 is 2.76 bits per heavy atom. The molecule has 0 unspecified atom stereocenters. The van der Waals surface area contributed by atoms with Gasteiger partial charge in [-0.15, -0.1) is 12.4 Å². The number of rotatable bonds is 6. The van der Waals surface area contributed by atoms with E-state index in [1.807, 2.05) is 0 Å². The first-order valence-electron chi connectivity index (χ1n) is 5.26. The summed E-state index contributed by atoms with van der Waals surface area (Å²) in [6.07, 6.45) is 2.36. The van der Waals surface area contributed by atoms with Crippen LogP contribution in [0.1, 0.15) is 24.8 Å². The molecule has 0 aromatic heterocycles. The van der Waals surface area contributed by atoms with E-state index in [1.165, 1.54) is 6.07 Å². The average molecular weight is 277 g/mol. The van der Waals surface area contributed by atoms with Crippen LogP contribution in [0.2, 0.25) is 5.02 Å². The predicted molar refractivity (Wildman–Crippen MR) is 69.8 cm³/mol. The largest absolute Gasteiger partial charge is 0.313 e. The smallest absolute Gasteiger partial charge is 0.129 e. The Labute approximate surface area is 112 Å². The highest BCUT2D eigenvalue weighted by Crippen LogP contribution is 2.18. The number of hydrogen-bond acceptors (Lipinski definition) is 2. The van der Waals surface area contributed by atoms with Crippen LogP contribution < -0.4 is 5.32 Å². The molecule has 0 aliphatic rings. The SMILES string of the molecule is Cl.N#CCCCCNCc1c(F)cccc1Cl. The van der Waals surface area contributed by atoms with E-state index < -0.39 is 0 Å². The highest BCUT2D eigenvalue weighted by atomic mass is 35.5. The first kappa shape index (κ1) is 16.2. The Bertz CT molecular complexity index is 357. The van der Waals surface area contributed by atoms with Crippen LogP contribution >= 0.6 is 24.0 Å². The second kappa shape index (κ2) is 9.23. The first-order chi connectivity index (χ1) is 7.75. The average Bonchev–Trinajstić information content (AvgIpc) is 2.26. The van der Waals surface area contributed by atoms with Gasteiger partial charge >= 0.3 is 0 Å². The van der Waals surface area contributed by atoms with Crippen LogP contribution in [-0.2, 0) is 6.54 Å². The van der Waals surface area contributed by atoms with E-state index in [4.69, 9.17) is 16.9 Å². The van der Waals surface area contributed by atoms with Crippen molar-refractivity contribution in [3.05, 3.63) is 34.6 Å². The predicted octanol–water partition coefficient (Wildman–Crippen LogP) is 3.68. The van der Waals surface area contributed by atoms with Crippen LogP contribution in [0, 0.1) is 17.1 Å². The second-order valence-electron chi connectivity index (χ2n) is 3.49. The molecule has 5 heteroatoms. The molecule has 0 saturated carbocycles. The Hall–Kier alpha value is -0.820. The van der Waals surface area contributed by atoms with Crippen LogP contribution in [0.5, 0.6) is 0 Å². The second-order valence-corrected chi connectivity index (χ2v) is 3.90. The van der Waals surface area contributed by atoms with Crippen molar-refractivity contribution < 1.29 is 4.39 Å².